The number of nitrogens with zero attached hydrogens (tertiary/aromatic N) is 1. The Morgan fingerprint density at radius 2 is 2.62 bits per heavy atom. The molecule has 1 heterocycles. The number of rotatable bonds is 1. The van der Waals surface area contributed by atoms with Crippen molar-refractivity contribution < 1.29 is 4.79 Å². The van der Waals surface area contributed by atoms with Crippen LogP contribution in [0.25, 0.3) is 0 Å². The molecule has 0 aromatic carbocycles. The van der Waals surface area contributed by atoms with Gasteiger partial charge in [-0.25, -0.2) is 4.40 Å². The number of allylic oxidation sites excluding steroid dienone is 1. The van der Waals surface area contributed by atoms with E-state index in [1.807, 2.05) is 5.41 Å². The highest BCUT2D eigenvalue weighted by Crippen LogP contribution is 2.26. The molecule has 42 valence electrons. The van der Waals surface area contributed by atoms with Gasteiger partial charge in [-0.15, -0.1) is 0 Å². The predicted molar refractivity (Wildman–Crippen MR) is 37.8 cm³/mol. The molecular formula is C4H3NOS2. The van der Waals surface area contributed by atoms with E-state index in [0.717, 1.165) is 6.29 Å². The Balaban J connectivity index is 2.64. The fourth-order valence-electron chi connectivity index (χ4n) is 0.278. The van der Waals surface area contributed by atoms with Crippen LogP contribution in [0.15, 0.2) is 15.9 Å². The lowest BCUT2D eigenvalue weighted by molar-refractivity contribution is -0.102. The molecule has 4 heteroatoms. The zero-order valence-electron chi connectivity index (χ0n) is 3.90. The summed E-state index contributed by atoms with van der Waals surface area (Å²) < 4.78 is 3.79. The van der Waals surface area contributed by atoms with Crippen LogP contribution in [0.3, 0.4) is 0 Å². The average molecular weight is 145 g/mol. The summed E-state index contributed by atoms with van der Waals surface area (Å²) in [5.41, 5.74) is 0.508. The summed E-state index contributed by atoms with van der Waals surface area (Å²) in [4.78, 5) is 9.96. The molecule has 1 aliphatic heterocycles. The largest absolute Gasteiger partial charge is 0.296 e. The SMILES string of the molecule is O=CC1=NSSC=C1. The summed E-state index contributed by atoms with van der Waals surface area (Å²) in [5.74, 6) is 0. The zero-order valence-corrected chi connectivity index (χ0v) is 5.54. The average Bonchev–Trinajstić information content (AvgIpc) is 1.90. The summed E-state index contributed by atoms with van der Waals surface area (Å²) in [5, 5.41) is 1.83. The Hall–Kier alpha value is -0.220. The summed E-state index contributed by atoms with van der Waals surface area (Å²) in [6.45, 7) is 0. The molecule has 0 aromatic heterocycles. The third-order valence-corrected chi connectivity index (χ3v) is 2.03. The maximum Gasteiger partial charge on any atom is 0.169 e. The van der Waals surface area contributed by atoms with Gasteiger partial charge in [-0.2, -0.15) is 0 Å². The molecule has 0 bridgehead atoms. The van der Waals surface area contributed by atoms with Gasteiger partial charge in [-0.1, -0.05) is 0 Å². The molecule has 0 amide bonds. The van der Waals surface area contributed by atoms with E-state index in [0.29, 0.717) is 5.71 Å². The zero-order chi connectivity index (χ0) is 5.82. The van der Waals surface area contributed by atoms with E-state index in [2.05, 4.69) is 4.40 Å². The van der Waals surface area contributed by atoms with Crippen molar-refractivity contribution in [2.45, 2.75) is 0 Å². The molecule has 0 fully saturated rings. The lowest BCUT2D eigenvalue weighted by Crippen LogP contribution is -1.92. The molecular weight excluding hydrogens is 142 g/mol. The number of carbonyl (C=O) groups is 1. The lowest BCUT2D eigenvalue weighted by atomic mass is 10.4. The molecule has 8 heavy (non-hydrogen) atoms. The maximum absolute atomic E-state index is 9.96. The van der Waals surface area contributed by atoms with Crippen molar-refractivity contribution in [3.8, 4) is 0 Å². The van der Waals surface area contributed by atoms with Crippen LogP contribution in [0.4, 0.5) is 0 Å². The molecule has 0 atom stereocenters. The minimum Gasteiger partial charge on any atom is -0.296 e. The van der Waals surface area contributed by atoms with Gasteiger partial charge in [0.15, 0.2) is 6.29 Å². The van der Waals surface area contributed by atoms with Gasteiger partial charge in [0.25, 0.3) is 0 Å². The van der Waals surface area contributed by atoms with Crippen LogP contribution < -0.4 is 0 Å². The van der Waals surface area contributed by atoms with E-state index in [1.165, 1.54) is 21.8 Å². The van der Waals surface area contributed by atoms with Crippen LogP contribution in [0.2, 0.25) is 0 Å². The topological polar surface area (TPSA) is 29.4 Å². The smallest absolute Gasteiger partial charge is 0.169 e. The monoisotopic (exact) mass is 145 g/mol. The van der Waals surface area contributed by atoms with Gasteiger partial charge in [-0.05, 0) is 22.3 Å². The number of hydrogen-bond acceptors (Lipinski definition) is 4. The van der Waals surface area contributed by atoms with Gasteiger partial charge in [-0.3, -0.25) is 4.79 Å². The Morgan fingerprint density at radius 3 is 3.00 bits per heavy atom. The van der Waals surface area contributed by atoms with E-state index in [9.17, 15) is 4.79 Å². The molecule has 1 aliphatic rings. The van der Waals surface area contributed by atoms with E-state index in [1.54, 1.807) is 6.08 Å². The molecule has 0 aliphatic carbocycles. The van der Waals surface area contributed by atoms with Crippen molar-refractivity contribution in [2.24, 2.45) is 4.40 Å². The van der Waals surface area contributed by atoms with Crippen molar-refractivity contribution in [2.75, 3.05) is 0 Å². The minimum absolute atomic E-state index is 0.508. The van der Waals surface area contributed by atoms with Crippen LogP contribution in [0.5, 0.6) is 0 Å². The summed E-state index contributed by atoms with van der Waals surface area (Å²) in [6.07, 6.45) is 2.43. The molecule has 0 aromatic rings. The van der Waals surface area contributed by atoms with Crippen LogP contribution in [0, 0.1) is 0 Å². The quantitative estimate of drug-likeness (QED) is 0.318. The third kappa shape index (κ3) is 1.38. The highest BCUT2D eigenvalue weighted by Gasteiger charge is 1.94. The Kier molecular flexibility index (Phi) is 2.17. The second-order valence-electron chi connectivity index (χ2n) is 1.11. The van der Waals surface area contributed by atoms with Crippen LogP contribution in [-0.2, 0) is 4.79 Å². The van der Waals surface area contributed by atoms with E-state index in [-0.39, 0.29) is 0 Å². The molecule has 0 radical (unpaired) electrons. The van der Waals surface area contributed by atoms with Crippen molar-refractivity contribution in [3.63, 3.8) is 0 Å². The van der Waals surface area contributed by atoms with Crippen molar-refractivity contribution in [1.29, 1.82) is 0 Å². The number of carbonyl (C=O) groups excluding carboxylic acids is 1. The first-order chi connectivity index (χ1) is 3.93. The normalized spacial score (nSPS) is 17.8. The fourth-order valence-corrected chi connectivity index (χ4v) is 1.46. The second kappa shape index (κ2) is 2.94. The third-order valence-electron chi connectivity index (χ3n) is 0.601. The molecule has 0 saturated carbocycles. The summed E-state index contributed by atoms with van der Waals surface area (Å²) in [6, 6.07) is 0. The number of aldehydes is 1. The van der Waals surface area contributed by atoms with Crippen molar-refractivity contribution >= 4 is 33.8 Å². The predicted octanol–water partition coefficient (Wildman–Crippen LogP) is 1.45. The maximum atomic E-state index is 9.96. The van der Waals surface area contributed by atoms with E-state index < -0.39 is 0 Å². The van der Waals surface area contributed by atoms with Gasteiger partial charge < -0.3 is 0 Å². The van der Waals surface area contributed by atoms with Gasteiger partial charge in [0.2, 0.25) is 0 Å². The Bertz CT molecular complexity index is 152. The first-order valence-corrected chi connectivity index (χ1v) is 4.12. The fraction of sp³-hybridized carbons (Fsp3) is 0. The summed E-state index contributed by atoms with van der Waals surface area (Å²) >= 11 is 0. The second-order valence-corrected chi connectivity index (χ2v) is 2.93. The van der Waals surface area contributed by atoms with E-state index in [4.69, 9.17) is 0 Å². The highest BCUT2D eigenvalue weighted by atomic mass is 33.1. The Morgan fingerprint density at radius 1 is 1.75 bits per heavy atom. The molecule has 2 nitrogen and oxygen atoms in total. The summed E-state index contributed by atoms with van der Waals surface area (Å²) in [7, 11) is 2.82. The first-order valence-electron chi connectivity index (χ1n) is 1.95. The molecule has 1 rings (SSSR count). The van der Waals surface area contributed by atoms with Crippen LogP contribution in [0.1, 0.15) is 0 Å². The van der Waals surface area contributed by atoms with Crippen molar-refractivity contribution in [3.05, 3.63) is 11.5 Å². The van der Waals surface area contributed by atoms with Gasteiger partial charge in [0.05, 0.1) is 0 Å². The molecule has 0 spiro atoms. The highest BCUT2D eigenvalue weighted by molar-refractivity contribution is 8.77. The first kappa shape index (κ1) is 5.91. The Labute approximate surface area is 55.0 Å². The number of hydrogen-bond donors (Lipinski definition) is 0. The van der Waals surface area contributed by atoms with Gasteiger partial charge in [0.1, 0.15) is 5.71 Å². The molecule has 0 saturated heterocycles. The van der Waals surface area contributed by atoms with Gasteiger partial charge >= 0.3 is 0 Å². The van der Waals surface area contributed by atoms with Crippen LogP contribution in [-0.4, -0.2) is 12.0 Å². The van der Waals surface area contributed by atoms with Crippen molar-refractivity contribution in [1.82, 2.24) is 0 Å². The minimum atomic E-state index is 0.508. The van der Waals surface area contributed by atoms with Gasteiger partial charge in [0, 0.05) is 11.0 Å². The lowest BCUT2D eigenvalue weighted by Gasteiger charge is -1.93. The van der Waals surface area contributed by atoms with E-state index >= 15 is 0 Å². The van der Waals surface area contributed by atoms with Crippen LogP contribution >= 0.6 is 21.8 Å². The molecule has 0 unspecified atom stereocenters. The molecule has 0 N–H and O–H groups in total. The standard InChI is InChI=1S/C4H3NOS2/c6-3-4-1-2-7-8-5-4/h1-3H.